The molecule has 1 amide bonds. The Labute approximate surface area is 181 Å². The van der Waals surface area contributed by atoms with E-state index in [-0.39, 0.29) is 12.0 Å². The van der Waals surface area contributed by atoms with Crippen LogP contribution in [0.3, 0.4) is 0 Å². The Balaban J connectivity index is 1.33. The summed E-state index contributed by atoms with van der Waals surface area (Å²) in [5.74, 6) is -0.380. The predicted molar refractivity (Wildman–Crippen MR) is 117 cm³/mol. The summed E-state index contributed by atoms with van der Waals surface area (Å²) in [6.07, 6.45) is 1.84. The highest BCUT2D eigenvalue weighted by Crippen LogP contribution is 2.32. The number of nitrogens with two attached hydrogens (primary N) is 1. The predicted octanol–water partition coefficient (Wildman–Crippen LogP) is 3.92. The van der Waals surface area contributed by atoms with Gasteiger partial charge in [0.15, 0.2) is 0 Å². The van der Waals surface area contributed by atoms with E-state index < -0.39 is 0 Å². The molecular weight excluding hydrogens is 409 g/mol. The number of halogens is 2. The first-order chi connectivity index (χ1) is 14.0. The molecule has 0 bridgehead atoms. The highest BCUT2D eigenvalue weighted by Gasteiger charge is 2.24. The molecule has 2 aromatic rings. The largest absolute Gasteiger partial charge is 0.373 e. The van der Waals surface area contributed by atoms with Crippen LogP contribution in [0.25, 0.3) is 0 Å². The molecule has 1 saturated heterocycles. The van der Waals surface area contributed by atoms with Gasteiger partial charge in [-0.1, -0.05) is 29.3 Å². The van der Waals surface area contributed by atoms with Crippen LogP contribution in [0, 0.1) is 0 Å². The third-order valence-electron chi connectivity index (χ3n) is 5.80. The van der Waals surface area contributed by atoms with Gasteiger partial charge in [0.1, 0.15) is 0 Å². The summed E-state index contributed by atoms with van der Waals surface area (Å²) in [5.41, 5.74) is 9.40. The fourth-order valence-corrected chi connectivity index (χ4v) is 4.71. The van der Waals surface area contributed by atoms with Crippen molar-refractivity contribution >= 4 is 34.8 Å². The minimum atomic E-state index is -0.380. The van der Waals surface area contributed by atoms with Gasteiger partial charge in [-0.2, -0.15) is 0 Å². The Morgan fingerprint density at radius 2 is 1.90 bits per heavy atom. The quantitative estimate of drug-likeness (QED) is 0.775. The van der Waals surface area contributed by atoms with Gasteiger partial charge >= 0.3 is 0 Å². The lowest BCUT2D eigenvalue weighted by Gasteiger charge is -2.37. The summed E-state index contributed by atoms with van der Waals surface area (Å²) in [5, 5.41) is 1.36. The molecule has 4 rings (SSSR count). The topological polar surface area (TPSA) is 58.8 Å². The van der Waals surface area contributed by atoms with Crippen molar-refractivity contribution in [3.8, 4) is 0 Å². The number of hydrogen-bond donors (Lipinski definition) is 1. The molecule has 29 heavy (non-hydrogen) atoms. The number of benzene rings is 2. The van der Waals surface area contributed by atoms with Crippen LogP contribution in [-0.4, -0.2) is 50.1 Å². The fraction of sp³-hybridized carbons (Fsp3) is 0.409. The van der Waals surface area contributed by atoms with Crippen LogP contribution in [0.15, 0.2) is 36.4 Å². The van der Waals surface area contributed by atoms with Crippen LogP contribution < -0.4 is 10.6 Å². The van der Waals surface area contributed by atoms with Crippen LogP contribution in [0.1, 0.15) is 34.0 Å². The maximum atomic E-state index is 11.4. The van der Waals surface area contributed by atoms with E-state index in [1.54, 1.807) is 12.1 Å². The number of fused-ring (bicyclic) bond motifs is 1. The van der Waals surface area contributed by atoms with Crippen molar-refractivity contribution < 1.29 is 9.53 Å². The van der Waals surface area contributed by atoms with Crippen molar-refractivity contribution in [3.05, 3.63) is 63.1 Å². The molecule has 7 heteroatoms. The average molecular weight is 434 g/mol. The van der Waals surface area contributed by atoms with E-state index in [4.69, 9.17) is 33.7 Å². The molecule has 0 radical (unpaired) electrons. The summed E-state index contributed by atoms with van der Waals surface area (Å²) >= 11 is 12.4. The minimum absolute atomic E-state index is 0.0735. The van der Waals surface area contributed by atoms with Crippen LogP contribution in [-0.2, 0) is 11.2 Å². The molecule has 0 aromatic heterocycles. The Morgan fingerprint density at radius 1 is 1.10 bits per heavy atom. The lowest BCUT2D eigenvalue weighted by atomic mass is 9.93. The van der Waals surface area contributed by atoms with Crippen molar-refractivity contribution in [3.63, 3.8) is 0 Å². The Hall–Kier alpha value is -1.79. The van der Waals surface area contributed by atoms with E-state index in [9.17, 15) is 4.79 Å². The molecule has 1 fully saturated rings. The van der Waals surface area contributed by atoms with E-state index in [0.29, 0.717) is 22.2 Å². The molecule has 2 N–H and O–H groups in total. The third-order valence-corrected chi connectivity index (χ3v) is 6.33. The van der Waals surface area contributed by atoms with Gasteiger partial charge in [-0.3, -0.25) is 9.69 Å². The summed E-state index contributed by atoms with van der Waals surface area (Å²) in [7, 11) is 0. The van der Waals surface area contributed by atoms with Crippen molar-refractivity contribution in [2.75, 3.05) is 44.2 Å². The monoisotopic (exact) mass is 433 g/mol. The summed E-state index contributed by atoms with van der Waals surface area (Å²) < 4.78 is 6.03. The van der Waals surface area contributed by atoms with Gasteiger partial charge in [0, 0.05) is 43.3 Å². The van der Waals surface area contributed by atoms with Crippen LogP contribution in [0.4, 0.5) is 5.69 Å². The number of rotatable bonds is 5. The average Bonchev–Trinajstić information content (AvgIpc) is 2.72. The van der Waals surface area contributed by atoms with E-state index >= 15 is 0 Å². The van der Waals surface area contributed by atoms with Gasteiger partial charge in [0.25, 0.3) is 0 Å². The molecule has 154 valence electrons. The standard InChI is InChI=1S/C22H25Cl2N3O2/c23-17-2-4-20(19(24)14-17)27-10-8-26(9-11-27)7-5-21-18-3-1-16(22(25)28)13-15(18)6-12-29-21/h1-4,13-14,21H,5-12H2,(H2,25,28). The van der Waals surface area contributed by atoms with Crippen LogP contribution in [0.2, 0.25) is 10.0 Å². The van der Waals surface area contributed by atoms with Crippen LogP contribution in [0.5, 0.6) is 0 Å². The number of carbonyl (C=O) groups excluding carboxylic acids is 1. The second-order valence-corrected chi connectivity index (χ2v) is 8.44. The maximum Gasteiger partial charge on any atom is 0.248 e. The second-order valence-electron chi connectivity index (χ2n) is 7.60. The minimum Gasteiger partial charge on any atom is -0.373 e. The number of hydrogen-bond acceptors (Lipinski definition) is 4. The molecule has 1 unspecified atom stereocenters. The van der Waals surface area contributed by atoms with E-state index in [1.807, 2.05) is 24.3 Å². The van der Waals surface area contributed by atoms with Gasteiger partial charge in [0.05, 0.1) is 23.4 Å². The first kappa shape index (κ1) is 20.5. The van der Waals surface area contributed by atoms with Crippen molar-refractivity contribution in [2.45, 2.75) is 18.9 Å². The highest BCUT2D eigenvalue weighted by atomic mass is 35.5. The molecule has 0 spiro atoms. The van der Waals surface area contributed by atoms with Crippen molar-refractivity contribution in [1.29, 1.82) is 0 Å². The zero-order valence-electron chi connectivity index (χ0n) is 16.2. The van der Waals surface area contributed by atoms with Gasteiger partial charge in [-0.05, 0) is 54.3 Å². The zero-order chi connectivity index (χ0) is 20.4. The zero-order valence-corrected chi connectivity index (χ0v) is 17.8. The molecule has 2 heterocycles. The summed E-state index contributed by atoms with van der Waals surface area (Å²) in [4.78, 5) is 16.2. The number of amides is 1. The first-order valence-electron chi connectivity index (χ1n) is 9.98. The number of carbonyl (C=O) groups is 1. The number of primary amides is 1. The lowest BCUT2D eigenvalue weighted by molar-refractivity contribution is 0.0289. The van der Waals surface area contributed by atoms with Crippen molar-refractivity contribution in [2.24, 2.45) is 5.73 Å². The molecule has 1 atom stereocenters. The van der Waals surface area contributed by atoms with Gasteiger partial charge in [0.2, 0.25) is 5.91 Å². The Bertz CT molecular complexity index is 898. The number of ether oxygens (including phenoxy) is 1. The number of nitrogens with zero attached hydrogens (tertiary/aromatic N) is 2. The third kappa shape index (κ3) is 4.69. The molecule has 0 aliphatic carbocycles. The molecule has 2 aromatic carbocycles. The maximum absolute atomic E-state index is 11.4. The van der Waals surface area contributed by atoms with E-state index in [1.165, 1.54) is 11.1 Å². The van der Waals surface area contributed by atoms with Gasteiger partial charge in [-0.25, -0.2) is 0 Å². The summed E-state index contributed by atoms with van der Waals surface area (Å²) in [6.45, 7) is 5.50. The molecule has 2 aliphatic rings. The highest BCUT2D eigenvalue weighted by molar-refractivity contribution is 6.36. The fourth-order valence-electron chi connectivity index (χ4n) is 4.18. The molecule has 2 aliphatic heterocycles. The molecular formula is C22H25Cl2N3O2. The Kier molecular flexibility index (Phi) is 6.30. The van der Waals surface area contributed by atoms with Crippen LogP contribution >= 0.6 is 23.2 Å². The Morgan fingerprint density at radius 3 is 2.62 bits per heavy atom. The summed E-state index contributed by atoms with van der Waals surface area (Å²) in [6, 6.07) is 11.4. The first-order valence-corrected chi connectivity index (χ1v) is 10.7. The molecule has 0 saturated carbocycles. The van der Waals surface area contributed by atoms with E-state index in [2.05, 4.69) is 9.80 Å². The van der Waals surface area contributed by atoms with Crippen molar-refractivity contribution in [1.82, 2.24) is 4.90 Å². The molecule has 5 nitrogen and oxygen atoms in total. The second kappa shape index (κ2) is 8.92. The number of anilines is 1. The SMILES string of the molecule is NC(=O)c1ccc2c(c1)CCOC2CCN1CCN(c2ccc(Cl)cc2Cl)CC1. The smallest absolute Gasteiger partial charge is 0.248 e. The van der Waals surface area contributed by atoms with E-state index in [0.717, 1.165) is 51.3 Å². The van der Waals surface area contributed by atoms with Gasteiger partial charge in [-0.15, -0.1) is 0 Å². The van der Waals surface area contributed by atoms with Gasteiger partial charge < -0.3 is 15.4 Å². The number of piperazine rings is 1. The lowest BCUT2D eigenvalue weighted by Crippen LogP contribution is -2.47. The normalized spacial score (nSPS) is 19.8.